The van der Waals surface area contributed by atoms with Crippen LogP contribution < -0.4 is 0 Å². The van der Waals surface area contributed by atoms with Crippen molar-refractivity contribution in [2.24, 2.45) is 5.92 Å². The summed E-state index contributed by atoms with van der Waals surface area (Å²) in [5.41, 5.74) is -0.140. The highest BCUT2D eigenvalue weighted by Gasteiger charge is 2.39. The van der Waals surface area contributed by atoms with Gasteiger partial charge in [0.15, 0.2) is 0 Å². The zero-order chi connectivity index (χ0) is 10.6. The second-order valence-electron chi connectivity index (χ2n) is 4.53. The molecule has 1 fully saturated rings. The maximum Gasteiger partial charge on any atom is 0.303 e. The van der Waals surface area contributed by atoms with Gasteiger partial charge in [0.2, 0.25) is 0 Å². The molecule has 0 amide bonds. The molecule has 0 N–H and O–H groups in total. The molecule has 0 aromatic rings. The van der Waals surface area contributed by atoms with Gasteiger partial charge in [-0.15, -0.1) is 0 Å². The Bertz CT molecular complexity index is 192. The van der Waals surface area contributed by atoms with Gasteiger partial charge in [-0.2, -0.15) is 0 Å². The summed E-state index contributed by atoms with van der Waals surface area (Å²) in [6, 6.07) is 0. The van der Waals surface area contributed by atoms with Gasteiger partial charge in [-0.05, 0) is 38.0 Å². The summed E-state index contributed by atoms with van der Waals surface area (Å²) in [5.74, 6) is 0.374. The van der Waals surface area contributed by atoms with Crippen LogP contribution in [-0.4, -0.2) is 11.6 Å². The normalized spacial score (nSPS) is 22.8. The third-order valence-corrected chi connectivity index (χ3v) is 3.56. The first kappa shape index (κ1) is 11.5. The second-order valence-corrected chi connectivity index (χ2v) is 4.53. The highest BCUT2D eigenvalue weighted by atomic mass is 16.6. The Balaban J connectivity index is 2.71. The molecule has 0 saturated heterocycles. The number of esters is 1. The minimum Gasteiger partial charge on any atom is -0.459 e. The molecule has 1 atom stereocenters. The van der Waals surface area contributed by atoms with Crippen molar-refractivity contribution in [1.29, 1.82) is 0 Å². The first-order chi connectivity index (χ1) is 6.60. The lowest BCUT2D eigenvalue weighted by molar-refractivity contribution is -0.168. The fourth-order valence-corrected chi connectivity index (χ4v) is 2.50. The molecule has 0 aromatic heterocycles. The van der Waals surface area contributed by atoms with Crippen molar-refractivity contribution in [2.45, 2.75) is 64.9 Å². The highest BCUT2D eigenvalue weighted by Crippen LogP contribution is 2.39. The smallest absolute Gasteiger partial charge is 0.303 e. The molecule has 0 aliphatic heterocycles. The largest absolute Gasteiger partial charge is 0.459 e. The van der Waals surface area contributed by atoms with Crippen molar-refractivity contribution in [1.82, 2.24) is 0 Å². The third-order valence-electron chi connectivity index (χ3n) is 3.56. The minimum absolute atomic E-state index is 0.118. The standard InChI is InChI=1S/C12H22O2/c1-4-10(2)12(14-11(3)13)8-6-5-7-9-12/h10H,4-9H2,1-3H3. The van der Waals surface area contributed by atoms with Gasteiger partial charge in [0, 0.05) is 6.92 Å². The molecule has 0 radical (unpaired) electrons. The summed E-state index contributed by atoms with van der Waals surface area (Å²) in [7, 11) is 0. The number of carbonyl (C=O) groups is 1. The average Bonchev–Trinajstić information content (AvgIpc) is 2.17. The zero-order valence-electron chi connectivity index (χ0n) is 9.64. The van der Waals surface area contributed by atoms with Crippen LogP contribution in [0.2, 0.25) is 0 Å². The van der Waals surface area contributed by atoms with E-state index in [0.29, 0.717) is 5.92 Å². The lowest BCUT2D eigenvalue weighted by atomic mass is 9.75. The number of rotatable bonds is 3. The van der Waals surface area contributed by atoms with Crippen LogP contribution in [0.3, 0.4) is 0 Å². The Hall–Kier alpha value is -0.530. The van der Waals surface area contributed by atoms with Crippen LogP contribution >= 0.6 is 0 Å². The number of ether oxygens (including phenoxy) is 1. The quantitative estimate of drug-likeness (QED) is 0.650. The maximum absolute atomic E-state index is 11.1. The number of hydrogen-bond donors (Lipinski definition) is 0. The Labute approximate surface area is 87.0 Å². The molecule has 0 heterocycles. The lowest BCUT2D eigenvalue weighted by Gasteiger charge is -2.41. The molecule has 2 heteroatoms. The van der Waals surface area contributed by atoms with Crippen molar-refractivity contribution in [3.05, 3.63) is 0 Å². The molecule has 1 rings (SSSR count). The summed E-state index contributed by atoms with van der Waals surface area (Å²) >= 11 is 0. The Morgan fingerprint density at radius 2 is 1.93 bits per heavy atom. The van der Waals surface area contributed by atoms with Gasteiger partial charge in [-0.1, -0.05) is 20.3 Å². The summed E-state index contributed by atoms with van der Waals surface area (Å²) in [6.45, 7) is 5.90. The van der Waals surface area contributed by atoms with Crippen molar-refractivity contribution in [3.63, 3.8) is 0 Å². The molecule has 0 spiro atoms. The van der Waals surface area contributed by atoms with E-state index in [1.807, 2.05) is 0 Å². The van der Waals surface area contributed by atoms with Gasteiger partial charge in [-0.25, -0.2) is 0 Å². The van der Waals surface area contributed by atoms with E-state index in [1.165, 1.54) is 26.2 Å². The lowest BCUT2D eigenvalue weighted by Crippen LogP contribution is -2.42. The van der Waals surface area contributed by atoms with Gasteiger partial charge in [0.25, 0.3) is 0 Å². The minimum atomic E-state index is -0.140. The molecular formula is C12H22O2. The highest BCUT2D eigenvalue weighted by molar-refractivity contribution is 5.66. The fourth-order valence-electron chi connectivity index (χ4n) is 2.50. The Morgan fingerprint density at radius 3 is 2.36 bits per heavy atom. The van der Waals surface area contributed by atoms with E-state index < -0.39 is 0 Å². The van der Waals surface area contributed by atoms with E-state index in [2.05, 4.69) is 13.8 Å². The van der Waals surface area contributed by atoms with Crippen molar-refractivity contribution >= 4 is 5.97 Å². The average molecular weight is 198 g/mol. The molecule has 1 unspecified atom stereocenters. The van der Waals surface area contributed by atoms with Gasteiger partial charge in [-0.3, -0.25) is 4.79 Å². The van der Waals surface area contributed by atoms with Crippen LogP contribution in [0.1, 0.15) is 59.3 Å². The van der Waals surface area contributed by atoms with Gasteiger partial charge < -0.3 is 4.74 Å². The molecule has 1 aliphatic rings. The van der Waals surface area contributed by atoms with Crippen molar-refractivity contribution in [3.8, 4) is 0 Å². The van der Waals surface area contributed by atoms with Crippen LogP contribution in [0.15, 0.2) is 0 Å². The Morgan fingerprint density at radius 1 is 1.36 bits per heavy atom. The van der Waals surface area contributed by atoms with Gasteiger partial charge in [0.05, 0.1) is 0 Å². The molecule has 0 aromatic carbocycles. The van der Waals surface area contributed by atoms with Crippen LogP contribution in [0.4, 0.5) is 0 Å². The monoisotopic (exact) mass is 198 g/mol. The van der Waals surface area contributed by atoms with Crippen molar-refractivity contribution in [2.75, 3.05) is 0 Å². The van der Waals surface area contributed by atoms with E-state index in [-0.39, 0.29) is 11.6 Å². The topological polar surface area (TPSA) is 26.3 Å². The molecule has 0 bridgehead atoms. The van der Waals surface area contributed by atoms with E-state index in [1.54, 1.807) is 0 Å². The van der Waals surface area contributed by atoms with Crippen LogP contribution in [0.5, 0.6) is 0 Å². The SMILES string of the molecule is CCC(C)C1(OC(C)=O)CCCCC1. The predicted molar refractivity (Wildman–Crippen MR) is 57.0 cm³/mol. The van der Waals surface area contributed by atoms with Crippen LogP contribution in [-0.2, 0) is 9.53 Å². The number of carbonyl (C=O) groups excluding carboxylic acids is 1. The maximum atomic E-state index is 11.1. The molecule has 2 nitrogen and oxygen atoms in total. The fraction of sp³-hybridized carbons (Fsp3) is 0.917. The van der Waals surface area contributed by atoms with E-state index >= 15 is 0 Å². The third kappa shape index (κ3) is 2.49. The zero-order valence-corrected chi connectivity index (χ0v) is 9.64. The molecule has 82 valence electrons. The number of hydrogen-bond acceptors (Lipinski definition) is 2. The first-order valence-electron chi connectivity index (χ1n) is 5.80. The molecule has 1 saturated carbocycles. The van der Waals surface area contributed by atoms with Crippen LogP contribution in [0.25, 0.3) is 0 Å². The summed E-state index contributed by atoms with van der Waals surface area (Å²) in [5, 5.41) is 0. The summed E-state index contributed by atoms with van der Waals surface area (Å²) < 4.78 is 5.59. The van der Waals surface area contributed by atoms with E-state index in [4.69, 9.17) is 4.74 Å². The van der Waals surface area contributed by atoms with Gasteiger partial charge in [0.1, 0.15) is 5.60 Å². The molecular weight excluding hydrogens is 176 g/mol. The van der Waals surface area contributed by atoms with Crippen LogP contribution in [0, 0.1) is 5.92 Å². The van der Waals surface area contributed by atoms with E-state index in [9.17, 15) is 4.79 Å². The second kappa shape index (κ2) is 4.81. The molecule has 14 heavy (non-hydrogen) atoms. The van der Waals surface area contributed by atoms with Gasteiger partial charge >= 0.3 is 5.97 Å². The summed E-state index contributed by atoms with van der Waals surface area (Å²) in [6.07, 6.45) is 6.91. The van der Waals surface area contributed by atoms with Crippen molar-refractivity contribution < 1.29 is 9.53 Å². The van der Waals surface area contributed by atoms with E-state index in [0.717, 1.165) is 19.3 Å². The summed E-state index contributed by atoms with van der Waals surface area (Å²) in [4.78, 5) is 11.1. The molecule has 1 aliphatic carbocycles. The Kier molecular flexibility index (Phi) is 3.97. The first-order valence-corrected chi connectivity index (χ1v) is 5.80. The predicted octanol–water partition coefficient (Wildman–Crippen LogP) is 3.30.